The summed E-state index contributed by atoms with van der Waals surface area (Å²) < 4.78 is 1.73. The summed E-state index contributed by atoms with van der Waals surface area (Å²) in [7, 11) is 0. The van der Waals surface area contributed by atoms with Crippen LogP contribution in [-0.4, -0.2) is 26.5 Å². The van der Waals surface area contributed by atoms with Gasteiger partial charge in [-0.3, -0.25) is 4.79 Å². The number of nitrogens with one attached hydrogen (secondary N) is 1. The quantitative estimate of drug-likeness (QED) is 0.909. The van der Waals surface area contributed by atoms with E-state index in [0.29, 0.717) is 11.3 Å². The van der Waals surface area contributed by atoms with Crippen LogP contribution >= 0.6 is 0 Å². The highest BCUT2D eigenvalue weighted by Crippen LogP contribution is 2.21. The molecule has 0 spiro atoms. The zero-order chi connectivity index (χ0) is 16.5. The minimum atomic E-state index is -1.02. The Labute approximate surface area is 128 Å². The Morgan fingerprint density at radius 1 is 1.27 bits per heavy atom. The number of carboxylic acids is 1. The lowest BCUT2D eigenvalue weighted by molar-refractivity contribution is -0.123. The van der Waals surface area contributed by atoms with Gasteiger partial charge in [0.1, 0.15) is 5.54 Å². The van der Waals surface area contributed by atoms with E-state index in [0.717, 1.165) is 5.69 Å². The molecule has 0 aliphatic heterocycles. The number of anilines is 1. The van der Waals surface area contributed by atoms with Crippen LogP contribution in [0.5, 0.6) is 0 Å². The molecule has 0 atom stereocenters. The van der Waals surface area contributed by atoms with E-state index in [1.807, 2.05) is 6.92 Å². The van der Waals surface area contributed by atoms with Gasteiger partial charge in [0, 0.05) is 11.9 Å². The van der Waals surface area contributed by atoms with Gasteiger partial charge in [-0.25, -0.2) is 9.78 Å². The van der Waals surface area contributed by atoms with E-state index < -0.39 is 11.5 Å². The number of carbonyl (C=O) groups is 2. The summed E-state index contributed by atoms with van der Waals surface area (Å²) in [6.45, 7) is 7.11. The van der Waals surface area contributed by atoms with Crippen molar-refractivity contribution in [3.8, 4) is 0 Å². The first kappa shape index (κ1) is 15.8. The highest BCUT2D eigenvalue weighted by atomic mass is 16.4. The van der Waals surface area contributed by atoms with Gasteiger partial charge in [-0.15, -0.1) is 0 Å². The molecule has 2 N–H and O–H groups in total. The maximum Gasteiger partial charge on any atom is 0.336 e. The van der Waals surface area contributed by atoms with Gasteiger partial charge in [0.2, 0.25) is 5.91 Å². The van der Waals surface area contributed by atoms with Gasteiger partial charge in [-0.05, 0) is 45.4 Å². The predicted octanol–water partition coefficient (Wildman–Crippen LogP) is 2.57. The average molecular weight is 301 g/mol. The normalized spacial score (nSPS) is 11.3. The van der Waals surface area contributed by atoms with E-state index in [9.17, 15) is 9.59 Å². The fraction of sp³-hybridized carbons (Fsp3) is 0.312. The van der Waals surface area contributed by atoms with Crippen LogP contribution in [0.1, 0.15) is 35.5 Å². The first-order valence-electron chi connectivity index (χ1n) is 6.88. The molecule has 22 heavy (non-hydrogen) atoms. The molecule has 6 nitrogen and oxygen atoms in total. The van der Waals surface area contributed by atoms with E-state index in [1.54, 1.807) is 50.0 Å². The zero-order valence-corrected chi connectivity index (χ0v) is 13.0. The second-order valence-corrected chi connectivity index (χ2v) is 5.77. The molecular weight excluding hydrogens is 282 g/mol. The van der Waals surface area contributed by atoms with Crippen molar-refractivity contribution in [2.75, 3.05) is 5.32 Å². The van der Waals surface area contributed by atoms with Crippen molar-refractivity contribution in [1.82, 2.24) is 9.55 Å². The fourth-order valence-electron chi connectivity index (χ4n) is 2.06. The van der Waals surface area contributed by atoms with E-state index in [1.165, 1.54) is 6.07 Å². The highest BCUT2D eigenvalue weighted by molar-refractivity contribution is 5.98. The molecular formula is C16H19N3O3. The molecule has 0 radical (unpaired) electrons. The molecule has 2 aromatic rings. The van der Waals surface area contributed by atoms with Gasteiger partial charge in [0.15, 0.2) is 0 Å². The molecule has 0 unspecified atom stereocenters. The number of aromatic nitrogens is 2. The maximum absolute atomic E-state index is 12.5. The maximum atomic E-state index is 12.5. The van der Waals surface area contributed by atoms with Crippen LogP contribution in [0.15, 0.2) is 30.7 Å². The molecule has 6 heteroatoms. The van der Waals surface area contributed by atoms with Crippen LogP contribution in [0.3, 0.4) is 0 Å². The highest BCUT2D eigenvalue weighted by Gasteiger charge is 2.29. The Kier molecular flexibility index (Phi) is 4.03. The molecule has 0 bridgehead atoms. The predicted molar refractivity (Wildman–Crippen MR) is 83.1 cm³/mol. The number of aromatic carboxylic acids is 1. The second kappa shape index (κ2) is 5.63. The summed E-state index contributed by atoms with van der Waals surface area (Å²) in [5.74, 6) is -1.26. The number of carboxylic acid groups (broad SMARTS) is 1. The van der Waals surface area contributed by atoms with Crippen LogP contribution < -0.4 is 5.32 Å². The summed E-state index contributed by atoms with van der Waals surface area (Å²) in [5.41, 5.74) is 1.27. The average Bonchev–Trinajstić information content (AvgIpc) is 2.88. The third-order valence-electron chi connectivity index (χ3n) is 3.64. The molecule has 1 aromatic carbocycles. The molecule has 1 amide bonds. The SMILES string of the molecule is Cc1cn(C(C)(C)C(=O)Nc2ccc(C)c(C(=O)O)c2)cn1. The first-order valence-corrected chi connectivity index (χ1v) is 6.88. The van der Waals surface area contributed by atoms with Crippen LogP contribution in [-0.2, 0) is 10.3 Å². The number of amides is 1. The van der Waals surface area contributed by atoms with Crippen molar-refractivity contribution in [3.05, 3.63) is 47.5 Å². The van der Waals surface area contributed by atoms with Crippen LogP contribution in [0.2, 0.25) is 0 Å². The van der Waals surface area contributed by atoms with Gasteiger partial charge >= 0.3 is 5.97 Å². The van der Waals surface area contributed by atoms with Crippen LogP contribution in [0.4, 0.5) is 5.69 Å². The van der Waals surface area contributed by atoms with Gasteiger partial charge < -0.3 is 15.0 Å². The summed E-state index contributed by atoms with van der Waals surface area (Å²) >= 11 is 0. The standard InChI is InChI=1S/C16H19N3O3/c1-10-5-6-12(7-13(10)14(20)21)18-15(22)16(3,4)19-8-11(2)17-9-19/h5-9H,1-4H3,(H,18,22)(H,20,21). The number of rotatable bonds is 4. The van der Waals surface area contributed by atoms with Crippen LogP contribution in [0, 0.1) is 13.8 Å². The van der Waals surface area contributed by atoms with Crippen molar-refractivity contribution in [1.29, 1.82) is 0 Å². The number of hydrogen-bond acceptors (Lipinski definition) is 3. The van der Waals surface area contributed by atoms with Crippen molar-refractivity contribution in [2.45, 2.75) is 33.2 Å². The molecule has 1 heterocycles. The molecule has 0 aliphatic rings. The third-order valence-corrected chi connectivity index (χ3v) is 3.64. The Bertz CT molecular complexity index is 732. The lowest BCUT2D eigenvalue weighted by atomic mass is 10.0. The number of nitrogens with zero attached hydrogens (tertiary/aromatic N) is 2. The van der Waals surface area contributed by atoms with Crippen molar-refractivity contribution in [3.63, 3.8) is 0 Å². The Hall–Kier alpha value is -2.63. The van der Waals surface area contributed by atoms with E-state index >= 15 is 0 Å². The van der Waals surface area contributed by atoms with Gasteiger partial charge in [0.05, 0.1) is 17.6 Å². The Balaban J connectivity index is 2.25. The molecule has 0 aliphatic carbocycles. The van der Waals surface area contributed by atoms with Crippen molar-refractivity contribution >= 4 is 17.6 Å². The minimum absolute atomic E-state index is 0.175. The Morgan fingerprint density at radius 3 is 2.50 bits per heavy atom. The molecule has 1 aromatic heterocycles. The summed E-state index contributed by atoms with van der Waals surface area (Å²) in [6.07, 6.45) is 3.39. The second-order valence-electron chi connectivity index (χ2n) is 5.77. The smallest absolute Gasteiger partial charge is 0.336 e. The zero-order valence-electron chi connectivity index (χ0n) is 13.0. The number of benzene rings is 1. The number of hydrogen-bond donors (Lipinski definition) is 2. The Morgan fingerprint density at radius 2 is 1.95 bits per heavy atom. The van der Waals surface area contributed by atoms with Gasteiger partial charge in [-0.2, -0.15) is 0 Å². The monoisotopic (exact) mass is 301 g/mol. The fourth-order valence-corrected chi connectivity index (χ4v) is 2.06. The number of imidazole rings is 1. The molecule has 0 saturated heterocycles. The minimum Gasteiger partial charge on any atom is -0.478 e. The molecule has 116 valence electrons. The summed E-state index contributed by atoms with van der Waals surface area (Å²) in [5, 5.41) is 11.9. The third kappa shape index (κ3) is 3.00. The van der Waals surface area contributed by atoms with E-state index in [2.05, 4.69) is 10.3 Å². The lowest BCUT2D eigenvalue weighted by Gasteiger charge is -2.25. The first-order chi connectivity index (χ1) is 10.2. The van der Waals surface area contributed by atoms with Crippen molar-refractivity contribution < 1.29 is 14.7 Å². The van der Waals surface area contributed by atoms with Gasteiger partial charge in [-0.1, -0.05) is 6.07 Å². The van der Waals surface area contributed by atoms with Crippen molar-refractivity contribution in [2.24, 2.45) is 0 Å². The summed E-state index contributed by atoms with van der Waals surface area (Å²) in [4.78, 5) is 27.8. The summed E-state index contributed by atoms with van der Waals surface area (Å²) in [6, 6.07) is 4.83. The largest absolute Gasteiger partial charge is 0.478 e. The van der Waals surface area contributed by atoms with E-state index in [4.69, 9.17) is 5.11 Å². The molecule has 2 rings (SSSR count). The van der Waals surface area contributed by atoms with E-state index in [-0.39, 0.29) is 11.5 Å². The topological polar surface area (TPSA) is 84.2 Å². The number of carbonyl (C=O) groups excluding carboxylic acids is 1. The van der Waals surface area contributed by atoms with Crippen LogP contribution in [0.25, 0.3) is 0 Å². The number of aryl methyl sites for hydroxylation is 2. The van der Waals surface area contributed by atoms with Gasteiger partial charge in [0.25, 0.3) is 0 Å². The molecule has 0 fully saturated rings. The lowest BCUT2D eigenvalue weighted by Crippen LogP contribution is -2.39. The molecule has 0 saturated carbocycles.